The molecule has 0 N–H and O–H groups in total. The third kappa shape index (κ3) is 1.97. The number of benzene rings is 1. The molecule has 2 aliphatic rings. The Kier molecular flexibility index (Phi) is 3.38. The van der Waals surface area contributed by atoms with Gasteiger partial charge in [0, 0.05) is 6.07 Å². The second-order valence-electron chi connectivity index (χ2n) is 4.97. The summed E-state index contributed by atoms with van der Waals surface area (Å²) < 4.78 is 6.02. The molecule has 5 heteroatoms. The summed E-state index contributed by atoms with van der Waals surface area (Å²) in [5.74, 6) is -0.143. The third-order valence-electron chi connectivity index (χ3n) is 3.86. The van der Waals surface area contributed by atoms with Crippen molar-refractivity contribution in [3.05, 3.63) is 34.8 Å². The number of hydrogen-bond donors (Lipinski definition) is 0. The van der Waals surface area contributed by atoms with Crippen molar-refractivity contribution in [2.75, 3.05) is 12.0 Å². The minimum Gasteiger partial charge on any atom is -0.495 e. The maximum Gasteiger partial charge on any atom is 0.241 e. The maximum atomic E-state index is 12.5. The SMILES string of the molecule is COc1cc(N2C(=O)C3C=CCCC3C2=O)ccc1Br. The van der Waals surface area contributed by atoms with E-state index in [1.807, 2.05) is 12.2 Å². The second-order valence-corrected chi connectivity index (χ2v) is 5.82. The summed E-state index contributed by atoms with van der Waals surface area (Å²) in [5, 5.41) is 0. The second kappa shape index (κ2) is 5.05. The topological polar surface area (TPSA) is 46.6 Å². The Morgan fingerprint density at radius 2 is 2.10 bits per heavy atom. The number of amides is 2. The fourth-order valence-corrected chi connectivity index (χ4v) is 3.24. The lowest BCUT2D eigenvalue weighted by Gasteiger charge is -2.16. The molecule has 1 aromatic rings. The van der Waals surface area contributed by atoms with Crippen LogP contribution in [0.1, 0.15) is 12.8 Å². The smallest absolute Gasteiger partial charge is 0.241 e. The van der Waals surface area contributed by atoms with Gasteiger partial charge in [-0.05, 0) is 40.9 Å². The van der Waals surface area contributed by atoms with Gasteiger partial charge in [0.05, 0.1) is 29.1 Å². The fourth-order valence-electron chi connectivity index (χ4n) is 2.83. The lowest BCUT2D eigenvalue weighted by atomic mass is 9.86. The van der Waals surface area contributed by atoms with Crippen LogP contribution < -0.4 is 9.64 Å². The number of fused-ring (bicyclic) bond motifs is 1. The quantitative estimate of drug-likeness (QED) is 0.616. The number of ether oxygens (including phenoxy) is 1. The standard InChI is InChI=1S/C15H14BrNO3/c1-20-13-8-9(6-7-12(13)16)17-14(18)10-4-2-3-5-11(10)15(17)19/h2,4,6-8,10-11H,3,5H2,1H3. The maximum absolute atomic E-state index is 12.5. The largest absolute Gasteiger partial charge is 0.495 e. The molecular weight excluding hydrogens is 322 g/mol. The lowest BCUT2D eigenvalue weighted by Crippen LogP contribution is -2.30. The van der Waals surface area contributed by atoms with E-state index in [-0.39, 0.29) is 23.7 Å². The van der Waals surface area contributed by atoms with Gasteiger partial charge in [-0.1, -0.05) is 12.2 Å². The number of nitrogens with zero attached hydrogens (tertiary/aromatic N) is 1. The molecule has 2 unspecified atom stereocenters. The molecule has 104 valence electrons. The Morgan fingerprint density at radius 3 is 2.80 bits per heavy atom. The van der Waals surface area contributed by atoms with E-state index in [4.69, 9.17) is 4.74 Å². The molecule has 2 amide bonds. The van der Waals surface area contributed by atoms with Crippen molar-refractivity contribution in [2.24, 2.45) is 11.8 Å². The summed E-state index contributed by atoms with van der Waals surface area (Å²) in [5.41, 5.74) is 0.572. The molecule has 1 aliphatic carbocycles. The van der Waals surface area contributed by atoms with Gasteiger partial charge < -0.3 is 4.74 Å². The Balaban J connectivity index is 2.00. The number of halogens is 1. The van der Waals surface area contributed by atoms with Crippen LogP contribution in [0.15, 0.2) is 34.8 Å². The van der Waals surface area contributed by atoms with E-state index in [1.165, 1.54) is 4.90 Å². The molecule has 4 nitrogen and oxygen atoms in total. The van der Waals surface area contributed by atoms with Crippen molar-refractivity contribution < 1.29 is 14.3 Å². The van der Waals surface area contributed by atoms with Crippen molar-refractivity contribution in [1.82, 2.24) is 0 Å². The summed E-state index contributed by atoms with van der Waals surface area (Å²) in [6.07, 6.45) is 5.45. The van der Waals surface area contributed by atoms with Gasteiger partial charge in [-0.2, -0.15) is 0 Å². The molecule has 0 aromatic heterocycles. The van der Waals surface area contributed by atoms with E-state index in [2.05, 4.69) is 15.9 Å². The number of hydrogen-bond acceptors (Lipinski definition) is 3. The summed E-state index contributed by atoms with van der Waals surface area (Å²) in [7, 11) is 1.56. The summed E-state index contributed by atoms with van der Waals surface area (Å²) in [4.78, 5) is 26.2. The Labute approximate surface area is 125 Å². The highest BCUT2D eigenvalue weighted by Gasteiger charge is 2.47. The number of allylic oxidation sites excluding steroid dienone is 1. The number of rotatable bonds is 2. The highest BCUT2D eigenvalue weighted by Crippen LogP contribution is 2.39. The van der Waals surface area contributed by atoms with Crippen LogP contribution in [0.25, 0.3) is 0 Å². The third-order valence-corrected chi connectivity index (χ3v) is 4.51. The van der Waals surface area contributed by atoms with Gasteiger partial charge in [-0.25, -0.2) is 4.90 Å². The Morgan fingerprint density at radius 1 is 1.30 bits per heavy atom. The van der Waals surface area contributed by atoms with Crippen molar-refractivity contribution in [3.63, 3.8) is 0 Å². The Hall–Kier alpha value is -1.62. The molecule has 0 bridgehead atoms. The van der Waals surface area contributed by atoms with E-state index in [0.717, 1.165) is 17.3 Å². The van der Waals surface area contributed by atoms with E-state index in [9.17, 15) is 9.59 Å². The van der Waals surface area contributed by atoms with Crippen LogP contribution in [0.5, 0.6) is 5.75 Å². The zero-order valence-electron chi connectivity index (χ0n) is 11.0. The number of methoxy groups -OCH3 is 1. The zero-order valence-corrected chi connectivity index (χ0v) is 12.6. The van der Waals surface area contributed by atoms with Crippen LogP contribution in [0, 0.1) is 11.8 Å². The fraction of sp³-hybridized carbons (Fsp3) is 0.333. The number of anilines is 1. The molecule has 1 aromatic carbocycles. The summed E-state index contributed by atoms with van der Waals surface area (Å²) in [6, 6.07) is 5.25. The Bertz CT molecular complexity index is 611. The molecule has 1 saturated heterocycles. The van der Waals surface area contributed by atoms with Gasteiger partial charge >= 0.3 is 0 Å². The number of carbonyl (C=O) groups excluding carboxylic acids is 2. The van der Waals surface area contributed by atoms with Crippen molar-refractivity contribution in [2.45, 2.75) is 12.8 Å². The zero-order chi connectivity index (χ0) is 14.3. The van der Waals surface area contributed by atoms with Crippen LogP contribution in [0.3, 0.4) is 0 Å². The average molecular weight is 336 g/mol. The molecule has 20 heavy (non-hydrogen) atoms. The van der Waals surface area contributed by atoms with Gasteiger partial charge in [-0.3, -0.25) is 9.59 Å². The predicted molar refractivity (Wildman–Crippen MR) is 78.5 cm³/mol. The van der Waals surface area contributed by atoms with Crippen LogP contribution in [-0.2, 0) is 9.59 Å². The molecule has 0 saturated carbocycles. The van der Waals surface area contributed by atoms with Gasteiger partial charge in [-0.15, -0.1) is 0 Å². The first-order chi connectivity index (χ1) is 9.63. The normalized spacial score (nSPS) is 25.0. The van der Waals surface area contributed by atoms with E-state index < -0.39 is 0 Å². The molecule has 0 radical (unpaired) electrons. The number of imide groups is 1. The molecule has 1 fully saturated rings. The first kappa shape index (κ1) is 13.4. The highest BCUT2D eigenvalue weighted by atomic mass is 79.9. The van der Waals surface area contributed by atoms with Gasteiger partial charge in [0.15, 0.2) is 0 Å². The lowest BCUT2D eigenvalue weighted by molar-refractivity contribution is -0.122. The van der Waals surface area contributed by atoms with Crippen LogP contribution in [0.4, 0.5) is 5.69 Å². The van der Waals surface area contributed by atoms with Gasteiger partial charge in [0.2, 0.25) is 11.8 Å². The van der Waals surface area contributed by atoms with Crippen LogP contribution in [-0.4, -0.2) is 18.9 Å². The van der Waals surface area contributed by atoms with Crippen molar-refractivity contribution in [1.29, 1.82) is 0 Å². The van der Waals surface area contributed by atoms with Crippen LogP contribution >= 0.6 is 15.9 Å². The first-order valence-corrected chi connectivity index (χ1v) is 7.31. The monoisotopic (exact) mass is 335 g/mol. The molecule has 2 atom stereocenters. The minimum atomic E-state index is -0.300. The first-order valence-electron chi connectivity index (χ1n) is 6.51. The molecule has 0 spiro atoms. The summed E-state index contributed by atoms with van der Waals surface area (Å²) >= 11 is 3.37. The van der Waals surface area contributed by atoms with Crippen LogP contribution in [0.2, 0.25) is 0 Å². The average Bonchev–Trinajstić information content (AvgIpc) is 2.72. The highest BCUT2D eigenvalue weighted by molar-refractivity contribution is 9.10. The molecule has 1 heterocycles. The van der Waals surface area contributed by atoms with Crippen molar-refractivity contribution in [3.8, 4) is 5.75 Å². The molecule has 1 aliphatic heterocycles. The molecule has 3 rings (SSSR count). The minimum absolute atomic E-state index is 0.103. The van der Waals surface area contributed by atoms with E-state index in [0.29, 0.717) is 11.4 Å². The van der Waals surface area contributed by atoms with E-state index in [1.54, 1.807) is 25.3 Å². The summed E-state index contributed by atoms with van der Waals surface area (Å²) in [6.45, 7) is 0. The number of carbonyl (C=O) groups is 2. The van der Waals surface area contributed by atoms with E-state index >= 15 is 0 Å². The van der Waals surface area contributed by atoms with Gasteiger partial charge in [0.1, 0.15) is 5.75 Å². The predicted octanol–water partition coefficient (Wildman–Crippen LogP) is 2.91. The van der Waals surface area contributed by atoms with Crippen molar-refractivity contribution >= 4 is 33.4 Å². The van der Waals surface area contributed by atoms with Gasteiger partial charge in [0.25, 0.3) is 0 Å². The molecular formula is C15H14BrNO3.